The molecule has 1 aliphatic heterocycles. The number of amides is 1. The smallest absolute Gasteiger partial charge is 0.344 e. The van der Waals surface area contributed by atoms with E-state index in [2.05, 4.69) is 0 Å². The minimum atomic E-state index is -0.478. The minimum absolute atomic E-state index is 0.126. The molecule has 1 saturated heterocycles. The highest BCUT2D eigenvalue weighted by molar-refractivity contribution is 6.30. The van der Waals surface area contributed by atoms with Crippen molar-refractivity contribution in [2.75, 3.05) is 31.3 Å². The second-order valence-corrected chi connectivity index (χ2v) is 6.39. The van der Waals surface area contributed by atoms with E-state index in [4.69, 9.17) is 25.8 Å². The van der Waals surface area contributed by atoms with E-state index in [0.717, 1.165) is 18.7 Å². The Morgan fingerprint density at radius 1 is 0.963 bits per heavy atom. The molecule has 0 radical (unpaired) electrons. The molecule has 1 aliphatic rings. The Hall–Kier alpha value is -2.73. The molecule has 0 aliphatic carbocycles. The predicted molar refractivity (Wildman–Crippen MR) is 101 cm³/mol. The average Bonchev–Trinajstić information content (AvgIpc) is 3.11. The van der Waals surface area contributed by atoms with Gasteiger partial charge in [0, 0.05) is 23.7 Å². The van der Waals surface area contributed by atoms with Crippen molar-refractivity contribution in [2.24, 2.45) is 0 Å². The number of hydrogen-bond acceptors (Lipinski definition) is 5. The van der Waals surface area contributed by atoms with Gasteiger partial charge in [0.1, 0.15) is 24.7 Å². The number of nitrogens with zero attached hydrogens (tertiary/aromatic N) is 1. The summed E-state index contributed by atoms with van der Waals surface area (Å²) in [6, 6.07) is 14.0. The van der Waals surface area contributed by atoms with Crippen molar-refractivity contribution >= 4 is 29.2 Å². The molecule has 0 atom stereocenters. The van der Waals surface area contributed by atoms with Gasteiger partial charge in [-0.2, -0.15) is 0 Å². The Balaban J connectivity index is 1.35. The van der Waals surface area contributed by atoms with Gasteiger partial charge >= 0.3 is 5.97 Å². The summed E-state index contributed by atoms with van der Waals surface area (Å²) in [4.78, 5) is 25.2. The van der Waals surface area contributed by atoms with Crippen LogP contribution in [0.5, 0.6) is 11.5 Å². The Morgan fingerprint density at radius 3 is 2.30 bits per heavy atom. The molecule has 27 heavy (non-hydrogen) atoms. The monoisotopic (exact) mass is 389 g/mol. The lowest BCUT2D eigenvalue weighted by Crippen LogP contribution is -2.23. The summed E-state index contributed by atoms with van der Waals surface area (Å²) in [6.45, 7) is 0.916. The van der Waals surface area contributed by atoms with Gasteiger partial charge in [0.05, 0.1) is 0 Å². The quantitative estimate of drug-likeness (QED) is 0.511. The molecular weight excluding hydrogens is 370 g/mol. The molecule has 0 spiro atoms. The van der Waals surface area contributed by atoms with Crippen LogP contribution < -0.4 is 14.4 Å². The van der Waals surface area contributed by atoms with Crippen LogP contribution in [0, 0.1) is 0 Å². The van der Waals surface area contributed by atoms with Gasteiger partial charge in [-0.3, -0.25) is 4.79 Å². The number of ether oxygens (including phenoxy) is 3. The van der Waals surface area contributed by atoms with Crippen molar-refractivity contribution in [1.82, 2.24) is 0 Å². The van der Waals surface area contributed by atoms with E-state index in [9.17, 15) is 9.59 Å². The lowest BCUT2D eigenvalue weighted by molar-refractivity contribution is -0.146. The summed E-state index contributed by atoms with van der Waals surface area (Å²) in [5.74, 6) is 0.851. The van der Waals surface area contributed by atoms with Gasteiger partial charge in [-0.25, -0.2) is 4.79 Å². The lowest BCUT2D eigenvalue weighted by Gasteiger charge is -2.16. The van der Waals surface area contributed by atoms with Crippen molar-refractivity contribution in [2.45, 2.75) is 12.8 Å². The Labute approximate surface area is 162 Å². The number of halogens is 1. The Morgan fingerprint density at radius 2 is 1.63 bits per heavy atom. The van der Waals surface area contributed by atoms with E-state index in [-0.39, 0.29) is 25.7 Å². The maximum Gasteiger partial charge on any atom is 0.344 e. The number of benzene rings is 2. The molecule has 0 unspecified atom stereocenters. The van der Waals surface area contributed by atoms with Crippen LogP contribution in [-0.4, -0.2) is 38.2 Å². The molecule has 142 valence electrons. The van der Waals surface area contributed by atoms with Crippen molar-refractivity contribution in [3.8, 4) is 11.5 Å². The van der Waals surface area contributed by atoms with Gasteiger partial charge < -0.3 is 19.1 Å². The number of carbonyl (C=O) groups is 2. The van der Waals surface area contributed by atoms with Gasteiger partial charge in [0.25, 0.3) is 0 Å². The summed E-state index contributed by atoms with van der Waals surface area (Å²) in [6.07, 6.45) is 1.47. The fourth-order valence-corrected chi connectivity index (χ4v) is 2.80. The number of carbonyl (C=O) groups excluding carboxylic acids is 2. The van der Waals surface area contributed by atoms with Crippen LogP contribution in [0.2, 0.25) is 5.02 Å². The first kappa shape index (κ1) is 19.0. The summed E-state index contributed by atoms with van der Waals surface area (Å²) >= 11 is 5.79. The molecule has 2 aromatic rings. The standard InChI is InChI=1S/C20H20ClNO5/c21-15-3-7-17(8-4-15)25-12-13-26-20(24)14-27-18-9-5-16(6-10-18)22-11-1-2-19(22)23/h3-10H,1-2,11-14H2. The lowest BCUT2D eigenvalue weighted by atomic mass is 10.3. The van der Waals surface area contributed by atoms with E-state index in [1.54, 1.807) is 41.3 Å². The first-order valence-electron chi connectivity index (χ1n) is 8.69. The molecule has 0 saturated carbocycles. The second kappa shape index (κ2) is 9.28. The van der Waals surface area contributed by atoms with Gasteiger partial charge in [-0.15, -0.1) is 0 Å². The highest BCUT2D eigenvalue weighted by atomic mass is 35.5. The number of rotatable bonds is 8. The van der Waals surface area contributed by atoms with Crippen LogP contribution in [-0.2, 0) is 14.3 Å². The third-order valence-corrected chi connectivity index (χ3v) is 4.26. The molecule has 7 heteroatoms. The van der Waals surface area contributed by atoms with Crippen LogP contribution in [0.1, 0.15) is 12.8 Å². The molecule has 6 nitrogen and oxygen atoms in total. The van der Waals surface area contributed by atoms with Crippen molar-refractivity contribution in [3.63, 3.8) is 0 Å². The average molecular weight is 390 g/mol. The molecule has 3 rings (SSSR count). The van der Waals surface area contributed by atoms with Gasteiger partial charge in [-0.1, -0.05) is 11.6 Å². The van der Waals surface area contributed by atoms with E-state index < -0.39 is 5.97 Å². The molecule has 0 N–H and O–H groups in total. The molecule has 1 heterocycles. The van der Waals surface area contributed by atoms with Crippen molar-refractivity contribution in [3.05, 3.63) is 53.6 Å². The van der Waals surface area contributed by atoms with Gasteiger partial charge in [0.15, 0.2) is 6.61 Å². The maximum absolute atomic E-state index is 11.7. The molecular formula is C20H20ClNO5. The fraction of sp³-hybridized carbons (Fsp3) is 0.300. The highest BCUT2D eigenvalue weighted by Crippen LogP contribution is 2.23. The summed E-state index contributed by atoms with van der Waals surface area (Å²) in [5.41, 5.74) is 0.840. The van der Waals surface area contributed by atoms with Crippen LogP contribution in [0.3, 0.4) is 0 Å². The zero-order chi connectivity index (χ0) is 19.1. The van der Waals surface area contributed by atoms with Crippen molar-refractivity contribution in [1.29, 1.82) is 0 Å². The SMILES string of the molecule is O=C(COc1ccc(N2CCCC2=O)cc1)OCCOc1ccc(Cl)cc1. The maximum atomic E-state index is 11.7. The highest BCUT2D eigenvalue weighted by Gasteiger charge is 2.21. The van der Waals surface area contributed by atoms with Crippen LogP contribution in [0.4, 0.5) is 5.69 Å². The van der Waals surface area contributed by atoms with Gasteiger partial charge in [0.2, 0.25) is 5.91 Å². The molecule has 0 aromatic heterocycles. The zero-order valence-corrected chi connectivity index (χ0v) is 15.5. The van der Waals surface area contributed by atoms with Gasteiger partial charge in [-0.05, 0) is 55.0 Å². The topological polar surface area (TPSA) is 65.1 Å². The third kappa shape index (κ3) is 5.62. The summed E-state index contributed by atoms with van der Waals surface area (Å²) in [5, 5.41) is 0.631. The second-order valence-electron chi connectivity index (χ2n) is 5.95. The zero-order valence-electron chi connectivity index (χ0n) is 14.7. The largest absolute Gasteiger partial charge is 0.490 e. The molecule has 0 bridgehead atoms. The predicted octanol–water partition coefficient (Wildman–Crippen LogP) is 3.47. The van der Waals surface area contributed by atoms with Crippen LogP contribution in [0.25, 0.3) is 0 Å². The Bertz CT molecular complexity index is 776. The Kier molecular flexibility index (Phi) is 6.54. The summed E-state index contributed by atoms with van der Waals surface area (Å²) in [7, 11) is 0. The number of anilines is 1. The van der Waals surface area contributed by atoms with Crippen molar-refractivity contribution < 1.29 is 23.8 Å². The van der Waals surface area contributed by atoms with E-state index >= 15 is 0 Å². The third-order valence-electron chi connectivity index (χ3n) is 4.01. The van der Waals surface area contributed by atoms with Crippen LogP contribution >= 0.6 is 11.6 Å². The number of esters is 1. The van der Waals surface area contributed by atoms with E-state index in [1.165, 1.54) is 0 Å². The van der Waals surface area contributed by atoms with E-state index in [0.29, 0.717) is 22.9 Å². The first-order valence-corrected chi connectivity index (χ1v) is 9.07. The normalized spacial score (nSPS) is 13.5. The summed E-state index contributed by atoms with van der Waals surface area (Å²) < 4.78 is 15.9. The minimum Gasteiger partial charge on any atom is -0.490 e. The molecule has 2 aromatic carbocycles. The molecule has 1 fully saturated rings. The fourth-order valence-electron chi connectivity index (χ4n) is 2.67. The molecule has 1 amide bonds. The van der Waals surface area contributed by atoms with E-state index in [1.807, 2.05) is 12.1 Å². The number of hydrogen-bond donors (Lipinski definition) is 0. The first-order chi connectivity index (χ1) is 13.1. The van der Waals surface area contributed by atoms with Crippen LogP contribution in [0.15, 0.2) is 48.5 Å².